The van der Waals surface area contributed by atoms with Crippen molar-refractivity contribution in [3.05, 3.63) is 100 Å². The van der Waals surface area contributed by atoms with Gasteiger partial charge in [0.25, 0.3) is 5.91 Å². The minimum absolute atomic E-state index is 0.0332. The molecule has 0 saturated heterocycles. The van der Waals surface area contributed by atoms with Crippen LogP contribution in [0.5, 0.6) is 0 Å². The van der Waals surface area contributed by atoms with Gasteiger partial charge < -0.3 is 35.9 Å². The first kappa shape index (κ1) is 31.0. The van der Waals surface area contributed by atoms with Gasteiger partial charge in [0, 0.05) is 50.1 Å². The van der Waals surface area contributed by atoms with E-state index in [4.69, 9.17) is 37.2 Å². The third-order valence-corrected chi connectivity index (χ3v) is 6.89. The molecule has 0 aliphatic heterocycles. The second-order valence-corrected chi connectivity index (χ2v) is 9.58. The lowest BCUT2D eigenvalue weighted by Gasteiger charge is -2.25. The van der Waals surface area contributed by atoms with Crippen molar-refractivity contribution in [1.29, 1.82) is 10.8 Å². The van der Waals surface area contributed by atoms with E-state index in [0.717, 1.165) is 23.3 Å². The Bertz CT molecular complexity index is 1610. The quantitative estimate of drug-likeness (QED) is 0.105. The third-order valence-electron chi connectivity index (χ3n) is 6.89. The zero-order chi connectivity index (χ0) is 31.0. The molecule has 4 rings (SSSR count). The summed E-state index contributed by atoms with van der Waals surface area (Å²) in [6.45, 7) is -0.500. The molecule has 0 saturated carbocycles. The Balaban J connectivity index is 0.00000155. The van der Waals surface area contributed by atoms with Gasteiger partial charge in [0.2, 0.25) is 0 Å². The Morgan fingerprint density at radius 2 is 1.45 bits per heavy atom. The van der Waals surface area contributed by atoms with Crippen molar-refractivity contribution in [1.82, 2.24) is 14.5 Å². The summed E-state index contributed by atoms with van der Waals surface area (Å²) >= 11 is 0. The number of nitrogens with zero attached hydrogens (tertiary/aromatic N) is 3. The van der Waals surface area contributed by atoms with Crippen LogP contribution in [0, 0.1) is 10.8 Å². The number of hydrogen-bond donors (Lipinski definition) is 5. The number of benzene rings is 3. The summed E-state index contributed by atoms with van der Waals surface area (Å²) in [5.74, 6) is -0.705. The molecule has 0 bridgehead atoms. The molecule has 1 amide bonds. The van der Waals surface area contributed by atoms with Crippen LogP contribution in [0.4, 0.5) is 0 Å². The molecule has 0 aliphatic rings. The van der Waals surface area contributed by atoms with Crippen molar-refractivity contribution in [2.24, 2.45) is 18.5 Å². The number of carboxylic acid groups (broad SMARTS) is 2. The smallest absolute Gasteiger partial charge is 0.326 e. The fraction of sp³-hybridized carbons (Fsp3) is 0.200. The molecular formula is C30H32N7O5-. The highest BCUT2D eigenvalue weighted by molar-refractivity contribution is 5.99. The van der Waals surface area contributed by atoms with Gasteiger partial charge in [0.15, 0.2) is 0 Å². The topological polar surface area (TPSA) is 215 Å². The van der Waals surface area contributed by atoms with Crippen LogP contribution in [0.2, 0.25) is 0 Å². The zero-order valence-electron chi connectivity index (χ0n) is 23.2. The molecule has 42 heavy (non-hydrogen) atoms. The van der Waals surface area contributed by atoms with Crippen LogP contribution in [0.15, 0.2) is 66.7 Å². The zero-order valence-corrected chi connectivity index (χ0v) is 23.2. The molecule has 7 N–H and O–H groups in total. The van der Waals surface area contributed by atoms with Gasteiger partial charge in [0.1, 0.15) is 23.5 Å². The largest absolute Gasteiger partial charge is 0.554 e. The van der Waals surface area contributed by atoms with Crippen LogP contribution in [0.3, 0.4) is 0 Å². The molecule has 1 unspecified atom stereocenters. The number of carbonyl (C=O) groups excluding carboxylic acids is 2. The normalized spacial score (nSPS) is 11.2. The first-order chi connectivity index (χ1) is 20.0. The number of aromatic nitrogens is 2. The number of nitrogens with two attached hydrogens (primary N) is 2. The second-order valence-electron chi connectivity index (χ2n) is 9.58. The van der Waals surface area contributed by atoms with Crippen molar-refractivity contribution in [3.8, 4) is 0 Å². The van der Waals surface area contributed by atoms with Gasteiger partial charge in [-0.25, -0.2) is 9.78 Å². The second kappa shape index (κ2) is 13.7. The highest BCUT2D eigenvalue weighted by Gasteiger charge is 2.28. The fourth-order valence-electron chi connectivity index (χ4n) is 4.49. The van der Waals surface area contributed by atoms with E-state index in [1.54, 1.807) is 36.4 Å². The molecule has 0 aliphatic carbocycles. The number of amidine groups is 2. The van der Waals surface area contributed by atoms with Gasteiger partial charge in [-0.15, -0.1) is 0 Å². The Morgan fingerprint density at radius 1 is 0.952 bits per heavy atom. The minimum atomic E-state index is -1.11. The van der Waals surface area contributed by atoms with Crippen molar-refractivity contribution in [3.63, 3.8) is 0 Å². The van der Waals surface area contributed by atoms with Crippen LogP contribution in [-0.2, 0) is 35.9 Å². The third kappa shape index (κ3) is 7.36. The van der Waals surface area contributed by atoms with E-state index in [-0.39, 0.29) is 18.1 Å². The maximum atomic E-state index is 13.3. The molecule has 218 valence electrons. The fourth-order valence-corrected chi connectivity index (χ4v) is 4.49. The van der Waals surface area contributed by atoms with E-state index < -0.39 is 24.4 Å². The lowest BCUT2D eigenvalue weighted by atomic mass is 10.0. The Labute approximate surface area is 242 Å². The summed E-state index contributed by atoms with van der Waals surface area (Å²) in [5, 5.41) is 33.1. The first-order valence-electron chi connectivity index (χ1n) is 12.8. The number of aliphatic carboxylic acids is 1. The molecule has 1 aromatic heterocycles. The minimum Gasteiger partial charge on any atom is -0.554 e. The van der Waals surface area contributed by atoms with Crippen molar-refractivity contribution >= 4 is 41.1 Å². The number of likely N-dealkylation sites (N-methyl/N-ethyl adjacent to an activating group) is 1. The molecule has 0 spiro atoms. The highest BCUT2D eigenvalue weighted by atomic mass is 16.4. The van der Waals surface area contributed by atoms with Gasteiger partial charge in [-0.05, 0) is 35.7 Å². The highest BCUT2D eigenvalue weighted by Crippen LogP contribution is 2.20. The first-order valence-corrected chi connectivity index (χ1v) is 12.8. The van der Waals surface area contributed by atoms with Crippen molar-refractivity contribution in [2.75, 3.05) is 7.05 Å². The maximum Gasteiger partial charge on any atom is 0.326 e. The van der Waals surface area contributed by atoms with Gasteiger partial charge in [0.05, 0.1) is 11.0 Å². The molecule has 4 aromatic rings. The standard InChI is InChI=1S/C29H31N7O3.CH2O2/c1-35-23-13-12-21(16-22(23)34-25(35)14-7-17-3-8-19(9-4-17)26(30)31)28(37)36(2)24(29(38)39)15-18-5-10-20(11-6-18)27(32)33;2-1-3/h3-6,8-13,16,24H,7,14-15H2,1-2H3,(H3,30,31)(H3,32,33)(H,38,39);1H,(H,2,3)/p-1. The van der Waals surface area contributed by atoms with Gasteiger partial charge in [-0.1, -0.05) is 48.5 Å². The van der Waals surface area contributed by atoms with E-state index in [1.165, 1.54) is 11.9 Å². The van der Waals surface area contributed by atoms with Crippen LogP contribution >= 0.6 is 0 Å². The molecule has 1 atom stereocenters. The molecule has 1 heterocycles. The maximum absolute atomic E-state index is 13.3. The lowest BCUT2D eigenvalue weighted by molar-refractivity contribution is -0.283. The molecule has 3 aromatic carbocycles. The Kier molecular flexibility index (Phi) is 10.1. The number of nitrogens with one attached hydrogen (secondary N) is 2. The molecule has 12 nitrogen and oxygen atoms in total. The number of carboxylic acids is 1. The van der Waals surface area contributed by atoms with Crippen LogP contribution in [0.25, 0.3) is 11.0 Å². The number of hydrogen-bond acceptors (Lipinski definition) is 7. The molecule has 0 radical (unpaired) electrons. The number of carbonyl (C=O) groups is 3. The van der Waals surface area contributed by atoms with Crippen LogP contribution in [-0.4, -0.2) is 62.7 Å². The van der Waals surface area contributed by atoms with Crippen LogP contribution in [0.1, 0.15) is 38.4 Å². The van der Waals surface area contributed by atoms with Gasteiger partial charge in [-0.2, -0.15) is 0 Å². The summed E-state index contributed by atoms with van der Waals surface area (Å²) < 4.78 is 1.99. The summed E-state index contributed by atoms with van der Waals surface area (Å²) in [4.78, 5) is 39.6. The number of fused-ring (bicyclic) bond motifs is 1. The summed E-state index contributed by atoms with van der Waals surface area (Å²) in [6, 6.07) is 18.4. The van der Waals surface area contributed by atoms with Crippen molar-refractivity contribution < 1.29 is 24.6 Å². The van der Waals surface area contributed by atoms with E-state index in [1.807, 2.05) is 41.9 Å². The molecule has 0 fully saturated rings. The van der Waals surface area contributed by atoms with Crippen LogP contribution < -0.4 is 16.6 Å². The Morgan fingerprint density at radius 3 is 1.95 bits per heavy atom. The summed E-state index contributed by atoms with van der Waals surface area (Å²) in [7, 11) is 3.41. The predicted molar refractivity (Wildman–Crippen MR) is 156 cm³/mol. The number of imidazole rings is 1. The average Bonchev–Trinajstić information content (AvgIpc) is 3.29. The Hall–Kier alpha value is -5.52. The number of nitrogen functional groups attached to an aromatic ring is 2. The number of rotatable bonds is 10. The SMILES string of the molecule is CN(C(=O)c1ccc2c(c1)nc(CCc1ccc(C(=N)N)cc1)n2C)C(Cc1ccc(C(=N)N)cc1)C(=O)O.O=C[O-]. The van der Waals surface area contributed by atoms with E-state index in [2.05, 4.69) is 0 Å². The average molecular weight is 571 g/mol. The monoisotopic (exact) mass is 570 g/mol. The summed E-state index contributed by atoms with van der Waals surface area (Å²) in [5.41, 5.74) is 15.9. The van der Waals surface area contributed by atoms with Gasteiger partial charge in [-0.3, -0.25) is 15.6 Å². The molecular weight excluding hydrogens is 538 g/mol. The molecule has 12 heteroatoms. The van der Waals surface area contributed by atoms with E-state index >= 15 is 0 Å². The number of amides is 1. The predicted octanol–water partition coefficient (Wildman–Crippen LogP) is 1.06. The van der Waals surface area contributed by atoms with Gasteiger partial charge >= 0.3 is 5.97 Å². The van der Waals surface area contributed by atoms with Crippen molar-refractivity contribution in [2.45, 2.75) is 25.3 Å². The van der Waals surface area contributed by atoms with E-state index in [0.29, 0.717) is 34.2 Å². The lowest BCUT2D eigenvalue weighted by Crippen LogP contribution is -2.43. The number of aryl methyl sites for hydroxylation is 3. The summed E-state index contributed by atoms with van der Waals surface area (Å²) in [6.07, 6.45) is 1.54. The van der Waals surface area contributed by atoms with E-state index in [9.17, 15) is 14.7 Å².